The predicted octanol–water partition coefficient (Wildman–Crippen LogP) is 2.03. The molecule has 0 fully saturated rings. The molecular formula is C12H21NO3. The number of rotatable bonds is 7. The van der Waals surface area contributed by atoms with Gasteiger partial charge in [0.05, 0.1) is 12.7 Å². The van der Waals surface area contributed by atoms with Crippen molar-refractivity contribution < 1.29 is 13.9 Å². The zero-order valence-corrected chi connectivity index (χ0v) is 10.2. The molecule has 16 heavy (non-hydrogen) atoms. The van der Waals surface area contributed by atoms with Crippen LogP contribution in [0.1, 0.15) is 31.5 Å². The molecular weight excluding hydrogens is 206 g/mol. The summed E-state index contributed by atoms with van der Waals surface area (Å²) >= 11 is 0. The van der Waals surface area contributed by atoms with Crippen LogP contribution in [0.4, 0.5) is 0 Å². The van der Waals surface area contributed by atoms with Gasteiger partial charge < -0.3 is 19.6 Å². The van der Waals surface area contributed by atoms with Gasteiger partial charge in [0.1, 0.15) is 17.6 Å². The molecule has 2 unspecified atom stereocenters. The maximum atomic E-state index is 5.76. The van der Waals surface area contributed by atoms with Gasteiger partial charge in [-0.1, -0.05) is 0 Å². The van der Waals surface area contributed by atoms with Crippen LogP contribution in [0, 0.1) is 6.92 Å². The van der Waals surface area contributed by atoms with Gasteiger partial charge in [-0.2, -0.15) is 0 Å². The van der Waals surface area contributed by atoms with E-state index in [4.69, 9.17) is 19.6 Å². The molecule has 1 heterocycles. The van der Waals surface area contributed by atoms with Crippen molar-refractivity contribution in [1.82, 2.24) is 0 Å². The Morgan fingerprint density at radius 1 is 1.44 bits per heavy atom. The number of hydrogen-bond acceptors (Lipinski definition) is 4. The maximum Gasteiger partial charge on any atom is 0.134 e. The van der Waals surface area contributed by atoms with E-state index >= 15 is 0 Å². The van der Waals surface area contributed by atoms with E-state index in [1.54, 1.807) is 0 Å². The van der Waals surface area contributed by atoms with Crippen molar-refractivity contribution >= 4 is 0 Å². The molecule has 92 valence electrons. The minimum atomic E-state index is -0.191. The Morgan fingerprint density at radius 2 is 2.19 bits per heavy atom. The van der Waals surface area contributed by atoms with Crippen LogP contribution >= 0.6 is 0 Å². The summed E-state index contributed by atoms with van der Waals surface area (Å²) in [5, 5.41) is 0. The predicted molar refractivity (Wildman–Crippen MR) is 62.3 cm³/mol. The monoisotopic (exact) mass is 227 g/mol. The fraction of sp³-hybridized carbons (Fsp3) is 0.667. The standard InChI is InChI=1S/C12H21NO3/c1-4-14-8-10(3)16-12(7-13)11-6-5-9(2)15-11/h5-6,10,12H,4,7-8,13H2,1-3H3. The molecule has 2 atom stereocenters. The highest BCUT2D eigenvalue weighted by atomic mass is 16.5. The number of furan rings is 1. The number of nitrogens with two attached hydrogens (primary N) is 1. The topological polar surface area (TPSA) is 57.6 Å². The van der Waals surface area contributed by atoms with E-state index in [0.717, 1.165) is 11.5 Å². The summed E-state index contributed by atoms with van der Waals surface area (Å²) in [5.74, 6) is 1.65. The van der Waals surface area contributed by atoms with E-state index in [0.29, 0.717) is 19.8 Å². The molecule has 0 aromatic carbocycles. The van der Waals surface area contributed by atoms with Gasteiger partial charge in [0.15, 0.2) is 0 Å². The van der Waals surface area contributed by atoms with Gasteiger partial charge in [0.2, 0.25) is 0 Å². The van der Waals surface area contributed by atoms with Crippen LogP contribution in [0.15, 0.2) is 16.5 Å². The smallest absolute Gasteiger partial charge is 0.134 e. The van der Waals surface area contributed by atoms with Crippen molar-refractivity contribution in [2.45, 2.75) is 33.0 Å². The highest BCUT2D eigenvalue weighted by Gasteiger charge is 2.17. The van der Waals surface area contributed by atoms with Gasteiger partial charge in [-0.15, -0.1) is 0 Å². The SMILES string of the molecule is CCOCC(C)OC(CN)c1ccc(C)o1. The normalized spacial score (nSPS) is 15.0. The summed E-state index contributed by atoms with van der Waals surface area (Å²) in [5.41, 5.74) is 5.67. The molecule has 1 rings (SSSR count). The molecule has 4 nitrogen and oxygen atoms in total. The van der Waals surface area contributed by atoms with E-state index in [1.165, 1.54) is 0 Å². The summed E-state index contributed by atoms with van der Waals surface area (Å²) in [6.45, 7) is 7.51. The van der Waals surface area contributed by atoms with Crippen LogP contribution in [-0.2, 0) is 9.47 Å². The third-order valence-electron chi connectivity index (χ3n) is 2.25. The number of ether oxygens (including phenoxy) is 2. The van der Waals surface area contributed by atoms with Gasteiger partial charge in [-0.3, -0.25) is 0 Å². The number of hydrogen-bond donors (Lipinski definition) is 1. The molecule has 4 heteroatoms. The molecule has 0 radical (unpaired) electrons. The van der Waals surface area contributed by atoms with E-state index in [1.807, 2.05) is 32.9 Å². The summed E-state index contributed by atoms with van der Waals surface area (Å²) in [6, 6.07) is 3.81. The maximum absolute atomic E-state index is 5.76. The highest BCUT2D eigenvalue weighted by molar-refractivity contribution is 5.08. The summed E-state index contributed by atoms with van der Waals surface area (Å²) in [7, 11) is 0. The Hall–Kier alpha value is -0.840. The lowest BCUT2D eigenvalue weighted by Crippen LogP contribution is -2.23. The Bertz CT molecular complexity index is 298. The van der Waals surface area contributed by atoms with E-state index in [-0.39, 0.29) is 12.2 Å². The van der Waals surface area contributed by atoms with Crippen molar-refractivity contribution in [3.8, 4) is 0 Å². The fourth-order valence-electron chi connectivity index (χ4n) is 1.47. The third-order valence-corrected chi connectivity index (χ3v) is 2.25. The number of aryl methyl sites for hydroxylation is 1. The second-order valence-electron chi connectivity index (χ2n) is 3.78. The quantitative estimate of drug-likeness (QED) is 0.774. The van der Waals surface area contributed by atoms with E-state index < -0.39 is 0 Å². The molecule has 2 N–H and O–H groups in total. The Balaban J connectivity index is 2.48. The minimum absolute atomic E-state index is 0.0129. The second kappa shape index (κ2) is 6.68. The first-order valence-electron chi connectivity index (χ1n) is 5.67. The van der Waals surface area contributed by atoms with Crippen molar-refractivity contribution in [3.05, 3.63) is 23.7 Å². The fourth-order valence-corrected chi connectivity index (χ4v) is 1.47. The van der Waals surface area contributed by atoms with Crippen LogP contribution < -0.4 is 5.73 Å². The molecule has 0 saturated heterocycles. The van der Waals surface area contributed by atoms with E-state index in [9.17, 15) is 0 Å². The minimum Gasteiger partial charge on any atom is -0.464 e. The summed E-state index contributed by atoms with van der Waals surface area (Å²) in [4.78, 5) is 0. The molecule has 0 saturated carbocycles. The first-order chi connectivity index (χ1) is 7.67. The van der Waals surface area contributed by atoms with Gasteiger partial charge in [-0.05, 0) is 32.9 Å². The van der Waals surface area contributed by atoms with E-state index in [2.05, 4.69) is 0 Å². The van der Waals surface area contributed by atoms with Crippen LogP contribution in [-0.4, -0.2) is 25.9 Å². The molecule has 0 aliphatic rings. The molecule has 0 aliphatic carbocycles. The average molecular weight is 227 g/mol. The van der Waals surface area contributed by atoms with Crippen LogP contribution in [0.3, 0.4) is 0 Å². The first-order valence-corrected chi connectivity index (χ1v) is 5.67. The lowest BCUT2D eigenvalue weighted by molar-refractivity contribution is -0.0514. The van der Waals surface area contributed by atoms with Crippen molar-refractivity contribution in [2.24, 2.45) is 5.73 Å². The first kappa shape index (κ1) is 13.2. The van der Waals surface area contributed by atoms with Gasteiger partial charge >= 0.3 is 0 Å². The van der Waals surface area contributed by atoms with Gasteiger partial charge in [0, 0.05) is 13.2 Å². The molecule has 0 aliphatic heterocycles. The van der Waals surface area contributed by atoms with Crippen molar-refractivity contribution in [2.75, 3.05) is 19.8 Å². The lowest BCUT2D eigenvalue weighted by Gasteiger charge is -2.19. The van der Waals surface area contributed by atoms with Crippen LogP contribution in [0.2, 0.25) is 0 Å². The van der Waals surface area contributed by atoms with Crippen molar-refractivity contribution in [1.29, 1.82) is 0 Å². The zero-order chi connectivity index (χ0) is 12.0. The molecule has 1 aromatic rings. The molecule has 1 aromatic heterocycles. The highest BCUT2D eigenvalue weighted by Crippen LogP contribution is 2.20. The second-order valence-corrected chi connectivity index (χ2v) is 3.78. The average Bonchev–Trinajstić information content (AvgIpc) is 2.69. The Labute approximate surface area is 96.7 Å². The van der Waals surface area contributed by atoms with Crippen LogP contribution in [0.5, 0.6) is 0 Å². The summed E-state index contributed by atoms with van der Waals surface area (Å²) < 4.78 is 16.5. The molecule has 0 spiro atoms. The zero-order valence-electron chi connectivity index (χ0n) is 10.2. The summed E-state index contributed by atoms with van der Waals surface area (Å²) in [6.07, 6.45) is -0.178. The van der Waals surface area contributed by atoms with Crippen LogP contribution in [0.25, 0.3) is 0 Å². The largest absolute Gasteiger partial charge is 0.464 e. The van der Waals surface area contributed by atoms with Gasteiger partial charge in [-0.25, -0.2) is 0 Å². The lowest BCUT2D eigenvalue weighted by atomic mass is 10.2. The third kappa shape index (κ3) is 3.96. The molecule has 0 bridgehead atoms. The Kier molecular flexibility index (Phi) is 5.52. The Morgan fingerprint density at radius 3 is 2.69 bits per heavy atom. The molecule has 0 amide bonds. The van der Waals surface area contributed by atoms with Gasteiger partial charge in [0.25, 0.3) is 0 Å². The van der Waals surface area contributed by atoms with Crippen molar-refractivity contribution in [3.63, 3.8) is 0 Å².